The van der Waals surface area contributed by atoms with Crippen molar-refractivity contribution in [3.8, 4) is 6.07 Å². The van der Waals surface area contributed by atoms with E-state index in [9.17, 15) is 19.7 Å². The molecule has 25 heavy (non-hydrogen) atoms. The van der Waals surface area contributed by atoms with Crippen LogP contribution in [0.15, 0.2) is 17.1 Å². The van der Waals surface area contributed by atoms with E-state index in [2.05, 4.69) is 0 Å². The highest BCUT2D eigenvalue weighted by molar-refractivity contribution is 5.76. The van der Waals surface area contributed by atoms with Crippen molar-refractivity contribution in [2.24, 2.45) is 11.8 Å². The summed E-state index contributed by atoms with van der Waals surface area (Å²) in [5.74, 6) is 0.974. The van der Waals surface area contributed by atoms with Crippen LogP contribution in [-0.2, 0) is 11.3 Å². The lowest BCUT2D eigenvalue weighted by molar-refractivity contribution is -0.385. The summed E-state index contributed by atoms with van der Waals surface area (Å²) < 4.78 is 0.978. The van der Waals surface area contributed by atoms with Gasteiger partial charge in [0, 0.05) is 19.2 Å². The van der Waals surface area contributed by atoms with E-state index in [0.29, 0.717) is 24.9 Å². The molecule has 1 amide bonds. The van der Waals surface area contributed by atoms with Gasteiger partial charge in [-0.05, 0) is 24.7 Å². The Morgan fingerprint density at radius 2 is 2.04 bits per heavy atom. The molecule has 2 heterocycles. The number of piperidine rings is 1. The molecule has 2 fully saturated rings. The number of carbonyl (C=O) groups excluding carboxylic acids is 1. The van der Waals surface area contributed by atoms with Gasteiger partial charge in [0.15, 0.2) is 0 Å². The zero-order valence-electron chi connectivity index (χ0n) is 13.9. The number of carbonyl (C=O) groups is 1. The van der Waals surface area contributed by atoms with E-state index in [1.54, 1.807) is 11.0 Å². The van der Waals surface area contributed by atoms with E-state index in [1.165, 1.54) is 19.3 Å². The van der Waals surface area contributed by atoms with Gasteiger partial charge in [-0.2, -0.15) is 5.26 Å². The van der Waals surface area contributed by atoms with Crippen molar-refractivity contribution in [2.75, 3.05) is 13.1 Å². The lowest BCUT2D eigenvalue weighted by Gasteiger charge is -2.41. The lowest BCUT2D eigenvalue weighted by Crippen LogP contribution is -2.46. The van der Waals surface area contributed by atoms with E-state index in [4.69, 9.17) is 5.26 Å². The fraction of sp³-hybridized carbons (Fsp3) is 0.588. The molecule has 8 nitrogen and oxygen atoms in total. The van der Waals surface area contributed by atoms with Gasteiger partial charge in [-0.15, -0.1) is 0 Å². The number of nitrogens with zero attached hydrogens (tertiary/aromatic N) is 4. The van der Waals surface area contributed by atoms with Crippen molar-refractivity contribution in [3.05, 3.63) is 38.3 Å². The number of fused-ring (bicyclic) bond motifs is 1. The summed E-state index contributed by atoms with van der Waals surface area (Å²) in [4.78, 5) is 36.8. The Kier molecular flexibility index (Phi) is 4.83. The highest BCUT2D eigenvalue weighted by Gasteiger charge is 2.33. The van der Waals surface area contributed by atoms with Gasteiger partial charge in [0.1, 0.15) is 18.2 Å². The Balaban J connectivity index is 1.77. The average Bonchev–Trinajstić information content (AvgIpc) is 2.62. The Hall–Kier alpha value is -2.69. The first-order chi connectivity index (χ1) is 12.0. The minimum Gasteiger partial charge on any atom is -0.341 e. The SMILES string of the molecule is N#Cc1cc([N+](=O)[O-])cn(CC(=O)N2CC[C@H]3CCCC[C@@H]3C2)c1=O. The van der Waals surface area contributed by atoms with Crippen LogP contribution in [0.2, 0.25) is 0 Å². The number of rotatable bonds is 3. The smallest absolute Gasteiger partial charge is 0.287 e. The molecule has 0 unspecified atom stereocenters. The molecule has 1 aromatic heterocycles. The number of likely N-dealkylation sites (tertiary alicyclic amines) is 1. The molecule has 0 bridgehead atoms. The summed E-state index contributed by atoms with van der Waals surface area (Å²) in [6.45, 7) is 1.08. The van der Waals surface area contributed by atoms with Crippen LogP contribution in [0.1, 0.15) is 37.7 Å². The molecule has 1 saturated carbocycles. The van der Waals surface area contributed by atoms with Gasteiger partial charge in [-0.3, -0.25) is 24.3 Å². The average molecular weight is 344 g/mol. The quantitative estimate of drug-likeness (QED) is 0.612. The first-order valence-electron chi connectivity index (χ1n) is 8.56. The number of hydrogen-bond acceptors (Lipinski definition) is 5. The maximum Gasteiger partial charge on any atom is 0.287 e. The number of nitriles is 1. The van der Waals surface area contributed by atoms with Crippen molar-refractivity contribution in [1.82, 2.24) is 9.47 Å². The first kappa shape index (κ1) is 17.1. The summed E-state index contributed by atoms with van der Waals surface area (Å²) in [6, 6.07) is 2.60. The molecule has 0 aromatic carbocycles. The normalized spacial score (nSPS) is 22.8. The van der Waals surface area contributed by atoms with Gasteiger partial charge >= 0.3 is 0 Å². The summed E-state index contributed by atoms with van der Waals surface area (Å²) in [5, 5.41) is 19.9. The maximum absolute atomic E-state index is 12.6. The van der Waals surface area contributed by atoms with E-state index in [0.717, 1.165) is 29.7 Å². The second-order valence-corrected chi connectivity index (χ2v) is 6.85. The van der Waals surface area contributed by atoms with E-state index in [-0.39, 0.29) is 23.7 Å². The van der Waals surface area contributed by atoms with Gasteiger partial charge in [0.05, 0.1) is 11.1 Å². The molecule has 0 spiro atoms. The van der Waals surface area contributed by atoms with Crippen LogP contribution in [0, 0.1) is 33.3 Å². The minimum atomic E-state index is -0.672. The van der Waals surface area contributed by atoms with Gasteiger partial charge in [0.25, 0.3) is 11.2 Å². The van der Waals surface area contributed by atoms with Crippen LogP contribution in [0.3, 0.4) is 0 Å². The van der Waals surface area contributed by atoms with Crippen molar-refractivity contribution in [2.45, 2.75) is 38.6 Å². The molecular formula is C17H20N4O4. The van der Waals surface area contributed by atoms with E-state index >= 15 is 0 Å². The molecule has 8 heteroatoms. The molecule has 3 rings (SSSR count). The third-order valence-electron chi connectivity index (χ3n) is 5.35. The van der Waals surface area contributed by atoms with Crippen molar-refractivity contribution < 1.29 is 9.72 Å². The van der Waals surface area contributed by atoms with Crippen molar-refractivity contribution in [3.63, 3.8) is 0 Å². The van der Waals surface area contributed by atoms with Gasteiger partial charge in [-0.25, -0.2) is 0 Å². The van der Waals surface area contributed by atoms with Crippen molar-refractivity contribution in [1.29, 1.82) is 5.26 Å². The third kappa shape index (κ3) is 3.55. The minimum absolute atomic E-state index is 0.226. The summed E-state index contributed by atoms with van der Waals surface area (Å²) in [7, 11) is 0. The van der Waals surface area contributed by atoms with Gasteiger partial charge in [0.2, 0.25) is 5.91 Å². The Labute approximate surface area is 144 Å². The highest BCUT2D eigenvalue weighted by atomic mass is 16.6. The van der Waals surface area contributed by atoms with Crippen LogP contribution >= 0.6 is 0 Å². The summed E-state index contributed by atoms with van der Waals surface area (Å²) in [6.07, 6.45) is 6.82. The Morgan fingerprint density at radius 3 is 2.72 bits per heavy atom. The molecule has 2 atom stereocenters. The zero-order valence-corrected chi connectivity index (χ0v) is 13.9. The fourth-order valence-corrected chi connectivity index (χ4v) is 3.99. The molecular weight excluding hydrogens is 324 g/mol. The Morgan fingerprint density at radius 1 is 1.32 bits per heavy atom. The predicted molar refractivity (Wildman–Crippen MR) is 88.7 cm³/mol. The topological polar surface area (TPSA) is 109 Å². The fourth-order valence-electron chi connectivity index (χ4n) is 3.99. The monoisotopic (exact) mass is 344 g/mol. The maximum atomic E-state index is 12.6. The number of pyridine rings is 1. The number of aromatic nitrogens is 1. The van der Waals surface area contributed by atoms with E-state index in [1.807, 2.05) is 0 Å². The van der Waals surface area contributed by atoms with Crippen LogP contribution in [0.4, 0.5) is 5.69 Å². The molecule has 1 aliphatic carbocycles. The number of amides is 1. The summed E-state index contributed by atoms with van der Waals surface area (Å²) >= 11 is 0. The molecule has 132 valence electrons. The molecule has 1 aromatic rings. The molecule has 2 aliphatic rings. The van der Waals surface area contributed by atoms with Crippen molar-refractivity contribution >= 4 is 11.6 Å². The Bertz CT molecular complexity index is 795. The highest BCUT2D eigenvalue weighted by Crippen LogP contribution is 2.36. The standard InChI is InChI=1S/C17H20N4O4/c18-8-14-7-15(21(24)25)10-20(17(14)23)11-16(22)19-6-5-12-3-1-2-4-13(12)9-19/h7,10,12-13H,1-6,9,11H2/t12-,13-/m1/s1. The number of hydrogen-bond donors (Lipinski definition) is 0. The zero-order chi connectivity index (χ0) is 18.0. The predicted octanol–water partition coefficient (Wildman–Crippen LogP) is 1.67. The van der Waals surface area contributed by atoms with Crippen LogP contribution in [-0.4, -0.2) is 33.4 Å². The van der Waals surface area contributed by atoms with Crippen LogP contribution in [0.25, 0.3) is 0 Å². The van der Waals surface area contributed by atoms with E-state index < -0.39 is 10.5 Å². The largest absolute Gasteiger partial charge is 0.341 e. The lowest BCUT2D eigenvalue weighted by atomic mass is 9.75. The molecule has 0 N–H and O–H groups in total. The first-order valence-corrected chi connectivity index (χ1v) is 8.56. The second-order valence-electron chi connectivity index (χ2n) is 6.85. The van der Waals surface area contributed by atoms with Gasteiger partial charge < -0.3 is 4.90 Å². The molecule has 0 radical (unpaired) electrons. The summed E-state index contributed by atoms with van der Waals surface area (Å²) in [5.41, 5.74) is -1.36. The molecule has 1 saturated heterocycles. The van der Waals surface area contributed by atoms with Crippen LogP contribution < -0.4 is 5.56 Å². The number of nitro groups is 1. The third-order valence-corrected chi connectivity index (χ3v) is 5.35. The second kappa shape index (κ2) is 7.05. The van der Waals surface area contributed by atoms with Crippen LogP contribution in [0.5, 0.6) is 0 Å². The van der Waals surface area contributed by atoms with Gasteiger partial charge in [-0.1, -0.05) is 19.3 Å². The molecule has 1 aliphatic heterocycles.